The van der Waals surface area contributed by atoms with E-state index in [-0.39, 0.29) is 5.75 Å². The predicted octanol–water partition coefficient (Wildman–Crippen LogP) is 3.33. The maximum atomic E-state index is 11.8. The highest BCUT2D eigenvalue weighted by Gasteiger charge is 2.13. The molecule has 24 heavy (non-hydrogen) atoms. The Morgan fingerprint density at radius 2 is 2.04 bits per heavy atom. The number of carbonyl (C=O) groups excluding carboxylic acids is 2. The van der Waals surface area contributed by atoms with Gasteiger partial charge in [-0.2, -0.15) is 0 Å². The van der Waals surface area contributed by atoms with Gasteiger partial charge in [-0.25, -0.2) is 14.8 Å². The average Bonchev–Trinajstić information content (AvgIpc) is 3.14. The molecule has 1 aromatic carbocycles. The van der Waals surface area contributed by atoms with Crippen molar-refractivity contribution in [2.24, 2.45) is 0 Å². The van der Waals surface area contributed by atoms with E-state index in [1.165, 1.54) is 18.9 Å². The van der Waals surface area contributed by atoms with Crippen LogP contribution in [0.15, 0.2) is 46.8 Å². The fourth-order valence-corrected chi connectivity index (χ4v) is 3.49. The van der Waals surface area contributed by atoms with Crippen LogP contribution in [0.1, 0.15) is 0 Å². The first-order valence-electron chi connectivity index (χ1n) is 6.98. The van der Waals surface area contributed by atoms with Gasteiger partial charge in [0.05, 0.1) is 23.3 Å². The minimum atomic E-state index is -0.771. The first kappa shape index (κ1) is 16.4. The molecule has 2 amide bonds. The monoisotopic (exact) mass is 359 g/mol. The average molecular weight is 359 g/mol. The fourth-order valence-electron chi connectivity index (χ4n) is 2.01. The van der Waals surface area contributed by atoms with Crippen LogP contribution < -0.4 is 5.32 Å². The fraction of sp³-hybridized carbons (Fsp3) is 0.125. The van der Waals surface area contributed by atoms with E-state index >= 15 is 0 Å². The first-order chi connectivity index (χ1) is 11.7. The molecule has 2 heterocycles. The molecule has 0 atom stereocenters. The van der Waals surface area contributed by atoms with Crippen LogP contribution in [0.3, 0.4) is 0 Å². The number of amides is 2. The van der Waals surface area contributed by atoms with Crippen molar-refractivity contribution in [2.45, 2.75) is 5.03 Å². The molecule has 0 aliphatic heterocycles. The van der Waals surface area contributed by atoms with Gasteiger partial charge in [-0.3, -0.25) is 10.1 Å². The van der Waals surface area contributed by atoms with Crippen LogP contribution in [0, 0.1) is 0 Å². The zero-order valence-electron chi connectivity index (χ0n) is 12.7. The number of hydrogen-bond donors (Lipinski definition) is 1. The Hall–Kier alpha value is -2.45. The van der Waals surface area contributed by atoms with Gasteiger partial charge in [0, 0.05) is 5.39 Å². The van der Waals surface area contributed by atoms with Crippen LogP contribution >= 0.6 is 23.1 Å². The third-order valence-corrected chi connectivity index (χ3v) is 4.93. The van der Waals surface area contributed by atoms with E-state index in [0.29, 0.717) is 10.9 Å². The molecular formula is C16H13N3O3S2. The quantitative estimate of drug-likeness (QED) is 0.568. The van der Waals surface area contributed by atoms with Gasteiger partial charge in [-0.05, 0) is 17.5 Å². The standard InChI is InChI=1S/C16H13N3O3S2/c1-22-16(21)18-13(20)9-24-15-10-5-2-3-6-11(10)17-14(19-15)12-7-4-8-23-12/h2-8H,9H2,1H3,(H,18,20,21). The number of para-hydroxylation sites is 1. The number of thiophene rings is 1. The predicted molar refractivity (Wildman–Crippen MR) is 94.1 cm³/mol. The summed E-state index contributed by atoms with van der Waals surface area (Å²) < 4.78 is 4.41. The third kappa shape index (κ3) is 3.72. The Balaban J connectivity index is 1.88. The van der Waals surface area contributed by atoms with E-state index in [1.54, 1.807) is 11.3 Å². The van der Waals surface area contributed by atoms with Gasteiger partial charge < -0.3 is 4.74 Å². The van der Waals surface area contributed by atoms with E-state index in [4.69, 9.17) is 0 Å². The van der Waals surface area contributed by atoms with Crippen LogP contribution in [0.2, 0.25) is 0 Å². The molecular weight excluding hydrogens is 346 g/mol. The Bertz CT molecular complexity index is 881. The van der Waals surface area contributed by atoms with Crippen molar-refractivity contribution in [1.29, 1.82) is 0 Å². The summed E-state index contributed by atoms with van der Waals surface area (Å²) in [6.07, 6.45) is -0.771. The SMILES string of the molecule is COC(=O)NC(=O)CSc1nc(-c2cccs2)nc2ccccc12. The number of rotatable bonds is 4. The van der Waals surface area contributed by atoms with E-state index in [9.17, 15) is 9.59 Å². The molecule has 0 spiro atoms. The van der Waals surface area contributed by atoms with Crippen molar-refractivity contribution in [3.8, 4) is 10.7 Å². The highest BCUT2D eigenvalue weighted by Crippen LogP contribution is 2.29. The summed E-state index contributed by atoms with van der Waals surface area (Å²) >= 11 is 2.81. The van der Waals surface area contributed by atoms with Crippen molar-refractivity contribution >= 4 is 46.0 Å². The lowest BCUT2D eigenvalue weighted by atomic mass is 10.2. The molecule has 0 aliphatic rings. The number of imide groups is 1. The summed E-state index contributed by atoms with van der Waals surface area (Å²) in [5, 5.41) is 5.66. The molecule has 0 aliphatic carbocycles. The number of thioether (sulfide) groups is 1. The van der Waals surface area contributed by atoms with E-state index in [2.05, 4.69) is 20.0 Å². The second kappa shape index (κ2) is 7.41. The van der Waals surface area contributed by atoms with Crippen LogP contribution in [0.5, 0.6) is 0 Å². The van der Waals surface area contributed by atoms with Crippen molar-refractivity contribution in [3.05, 3.63) is 41.8 Å². The molecule has 0 saturated heterocycles. The number of nitrogens with one attached hydrogen (secondary N) is 1. The summed E-state index contributed by atoms with van der Waals surface area (Å²) in [7, 11) is 1.21. The molecule has 122 valence electrons. The van der Waals surface area contributed by atoms with Crippen molar-refractivity contribution < 1.29 is 14.3 Å². The number of aromatic nitrogens is 2. The minimum Gasteiger partial charge on any atom is -0.453 e. The lowest BCUT2D eigenvalue weighted by Crippen LogP contribution is -2.31. The maximum Gasteiger partial charge on any atom is 0.413 e. The van der Waals surface area contributed by atoms with Gasteiger partial charge in [-0.1, -0.05) is 36.0 Å². The molecule has 0 bridgehead atoms. The summed E-state index contributed by atoms with van der Waals surface area (Å²) in [5.74, 6) is 0.242. The van der Waals surface area contributed by atoms with Crippen molar-refractivity contribution in [2.75, 3.05) is 12.9 Å². The molecule has 3 aromatic rings. The van der Waals surface area contributed by atoms with Gasteiger partial charge >= 0.3 is 6.09 Å². The number of hydrogen-bond acceptors (Lipinski definition) is 7. The first-order valence-corrected chi connectivity index (χ1v) is 8.85. The van der Waals surface area contributed by atoms with Crippen molar-refractivity contribution in [3.63, 3.8) is 0 Å². The zero-order valence-corrected chi connectivity index (χ0v) is 14.3. The largest absolute Gasteiger partial charge is 0.453 e. The lowest BCUT2D eigenvalue weighted by molar-refractivity contribution is -0.117. The molecule has 0 fully saturated rings. The van der Waals surface area contributed by atoms with Crippen LogP contribution in [-0.4, -0.2) is 34.8 Å². The summed E-state index contributed by atoms with van der Waals surface area (Å²) in [6.45, 7) is 0. The van der Waals surface area contributed by atoms with E-state index in [0.717, 1.165) is 15.8 Å². The van der Waals surface area contributed by atoms with Gasteiger partial charge in [0.2, 0.25) is 5.91 Å². The zero-order chi connectivity index (χ0) is 16.9. The van der Waals surface area contributed by atoms with Crippen molar-refractivity contribution in [1.82, 2.24) is 15.3 Å². The third-order valence-electron chi connectivity index (χ3n) is 3.08. The highest BCUT2D eigenvalue weighted by molar-refractivity contribution is 8.00. The second-order valence-electron chi connectivity index (χ2n) is 4.68. The number of alkyl carbamates (subject to hydrolysis) is 1. The minimum absolute atomic E-state index is 0.0555. The second-order valence-corrected chi connectivity index (χ2v) is 6.59. The van der Waals surface area contributed by atoms with Crippen LogP contribution in [0.25, 0.3) is 21.6 Å². The smallest absolute Gasteiger partial charge is 0.413 e. The van der Waals surface area contributed by atoms with Gasteiger partial charge in [0.15, 0.2) is 5.82 Å². The molecule has 0 saturated carbocycles. The number of methoxy groups -OCH3 is 1. The number of benzene rings is 1. The number of carbonyl (C=O) groups is 2. The highest BCUT2D eigenvalue weighted by atomic mass is 32.2. The number of fused-ring (bicyclic) bond motifs is 1. The van der Waals surface area contributed by atoms with Gasteiger partial charge in [0.1, 0.15) is 5.03 Å². The molecule has 1 N–H and O–H groups in total. The van der Waals surface area contributed by atoms with Crippen LogP contribution in [0.4, 0.5) is 4.79 Å². The molecule has 8 heteroatoms. The Labute approximate surface area is 146 Å². The summed E-state index contributed by atoms with van der Waals surface area (Å²) in [6, 6.07) is 11.5. The lowest BCUT2D eigenvalue weighted by Gasteiger charge is -2.07. The molecule has 3 rings (SSSR count). The number of nitrogens with zero attached hydrogens (tertiary/aromatic N) is 2. The molecule has 0 radical (unpaired) electrons. The van der Waals surface area contributed by atoms with Gasteiger partial charge in [0.25, 0.3) is 0 Å². The Morgan fingerprint density at radius 3 is 2.79 bits per heavy atom. The van der Waals surface area contributed by atoms with Crippen LogP contribution in [-0.2, 0) is 9.53 Å². The maximum absolute atomic E-state index is 11.8. The normalized spacial score (nSPS) is 10.5. The molecule has 0 unspecified atom stereocenters. The van der Waals surface area contributed by atoms with Gasteiger partial charge in [-0.15, -0.1) is 11.3 Å². The molecule has 2 aromatic heterocycles. The number of ether oxygens (including phenoxy) is 1. The molecule has 6 nitrogen and oxygen atoms in total. The Morgan fingerprint density at radius 1 is 1.21 bits per heavy atom. The Kier molecular flexibility index (Phi) is 5.07. The summed E-state index contributed by atoms with van der Waals surface area (Å²) in [5.41, 5.74) is 0.812. The summed E-state index contributed by atoms with van der Waals surface area (Å²) in [4.78, 5) is 32.9. The van der Waals surface area contributed by atoms with E-state index < -0.39 is 12.0 Å². The topological polar surface area (TPSA) is 81.2 Å². The van der Waals surface area contributed by atoms with E-state index in [1.807, 2.05) is 41.8 Å².